The fraction of sp³-hybridized carbons (Fsp3) is 0.478. The predicted octanol–water partition coefficient (Wildman–Crippen LogP) is 1.80. The van der Waals surface area contributed by atoms with E-state index in [1.54, 1.807) is 28.8 Å². The number of carbonyl (C=O) groups is 1. The molecule has 11 heteroatoms. The molecule has 3 N–H and O–H groups in total. The van der Waals surface area contributed by atoms with Gasteiger partial charge in [-0.2, -0.15) is 4.98 Å². The van der Waals surface area contributed by atoms with Gasteiger partial charge in [-0.3, -0.25) is 14.3 Å². The Morgan fingerprint density at radius 2 is 2.15 bits per heavy atom. The minimum Gasteiger partial charge on any atom is -0.459 e. The summed E-state index contributed by atoms with van der Waals surface area (Å²) < 4.78 is 26.3. The van der Waals surface area contributed by atoms with Crippen molar-refractivity contribution in [1.29, 1.82) is 0 Å². The number of rotatable bonds is 8. The lowest BCUT2D eigenvalue weighted by molar-refractivity contribution is -0.211. The van der Waals surface area contributed by atoms with Crippen LogP contribution in [0.4, 0.5) is 5.95 Å². The van der Waals surface area contributed by atoms with E-state index in [1.165, 1.54) is 6.33 Å². The molecule has 5 rings (SSSR count). The predicted molar refractivity (Wildman–Crippen MR) is 121 cm³/mol. The molecule has 2 aromatic heterocycles. The number of fused-ring (bicyclic) bond motifs is 3. The van der Waals surface area contributed by atoms with Crippen molar-refractivity contribution in [3.05, 3.63) is 52.6 Å². The van der Waals surface area contributed by atoms with Crippen LogP contribution in [0.5, 0.6) is 0 Å². The molecule has 0 radical (unpaired) electrons. The molecule has 2 saturated heterocycles. The number of nitrogen functional groups attached to an aromatic ring is 1. The summed E-state index contributed by atoms with van der Waals surface area (Å²) in [6.45, 7) is 4.57. The number of esters is 1. The number of unbranched alkanes of at least 4 members (excludes halogenated alkanes) is 1. The SMILES string of the molecule is CCCCO[C@@H]1[C@]2(COC(=O)c3ccccc3)CO[C@@]1(C)[C@H](n1cnc3c(=O)[nH]c(N)nc31)O2. The molecule has 4 heterocycles. The van der Waals surface area contributed by atoms with E-state index in [-0.39, 0.29) is 30.3 Å². The second-order valence-electron chi connectivity index (χ2n) is 8.83. The summed E-state index contributed by atoms with van der Waals surface area (Å²) in [6, 6.07) is 8.75. The van der Waals surface area contributed by atoms with Crippen molar-refractivity contribution in [1.82, 2.24) is 19.5 Å². The van der Waals surface area contributed by atoms with Gasteiger partial charge in [0.25, 0.3) is 5.56 Å². The molecule has 2 aliphatic rings. The number of nitrogens with one attached hydrogen (secondary N) is 1. The lowest BCUT2D eigenvalue weighted by atomic mass is 9.91. The summed E-state index contributed by atoms with van der Waals surface area (Å²) in [6.07, 6.45) is 2.03. The van der Waals surface area contributed by atoms with Gasteiger partial charge in [0, 0.05) is 6.61 Å². The third-order valence-electron chi connectivity index (χ3n) is 6.41. The molecule has 34 heavy (non-hydrogen) atoms. The van der Waals surface area contributed by atoms with Gasteiger partial charge < -0.3 is 24.7 Å². The number of nitrogens with two attached hydrogens (primary N) is 1. The number of anilines is 1. The van der Waals surface area contributed by atoms with E-state index >= 15 is 0 Å². The Balaban J connectivity index is 1.48. The van der Waals surface area contributed by atoms with Crippen LogP contribution in [0, 0.1) is 0 Å². The Morgan fingerprint density at radius 1 is 1.35 bits per heavy atom. The van der Waals surface area contributed by atoms with E-state index in [0.29, 0.717) is 12.2 Å². The maximum absolute atomic E-state index is 12.6. The van der Waals surface area contributed by atoms with Crippen molar-refractivity contribution in [3.8, 4) is 0 Å². The van der Waals surface area contributed by atoms with Gasteiger partial charge in [0.15, 0.2) is 23.0 Å². The number of H-pyrrole nitrogens is 1. The highest BCUT2D eigenvalue weighted by Crippen LogP contribution is 2.54. The van der Waals surface area contributed by atoms with Crippen LogP contribution in [-0.2, 0) is 18.9 Å². The standard InChI is InChI=1S/C23H27N5O6/c1-3-4-10-31-19-22(2)20(28-13-25-15-16(28)26-21(24)27-17(15)29)34-23(19,12-33-22)11-32-18(30)14-8-6-5-7-9-14/h5-9,13,19-20H,3-4,10-12H2,1-2H3,(H3,24,26,27,29)/t19-,20+,22+,23-/m0/s1. The van der Waals surface area contributed by atoms with Crippen molar-refractivity contribution in [2.24, 2.45) is 0 Å². The molecule has 0 spiro atoms. The zero-order valence-corrected chi connectivity index (χ0v) is 19.0. The molecule has 2 bridgehead atoms. The molecule has 0 amide bonds. The number of hydrogen-bond acceptors (Lipinski definition) is 9. The van der Waals surface area contributed by atoms with E-state index in [1.807, 2.05) is 13.0 Å². The normalized spacial score (nSPS) is 27.9. The molecule has 180 valence electrons. The van der Waals surface area contributed by atoms with Gasteiger partial charge in [-0.1, -0.05) is 31.5 Å². The number of ether oxygens (including phenoxy) is 4. The van der Waals surface area contributed by atoms with Crippen LogP contribution in [0.25, 0.3) is 11.2 Å². The van der Waals surface area contributed by atoms with E-state index in [0.717, 1.165) is 12.8 Å². The van der Waals surface area contributed by atoms with Crippen molar-refractivity contribution >= 4 is 23.1 Å². The first-order valence-corrected chi connectivity index (χ1v) is 11.3. The van der Waals surface area contributed by atoms with E-state index in [2.05, 4.69) is 21.9 Å². The van der Waals surface area contributed by atoms with Gasteiger partial charge in [0.2, 0.25) is 5.95 Å². The Kier molecular flexibility index (Phi) is 5.62. The summed E-state index contributed by atoms with van der Waals surface area (Å²) in [5.74, 6) is -0.493. The monoisotopic (exact) mass is 469 g/mol. The lowest BCUT2D eigenvalue weighted by Gasteiger charge is -2.34. The molecule has 3 aromatic rings. The van der Waals surface area contributed by atoms with Crippen LogP contribution in [-0.4, -0.2) is 62.6 Å². The Labute approximate surface area is 195 Å². The van der Waals surface area contributed by atoms with Crippen LogP contribution in [0.3, 0.4) is 0 Å². The molecule has 2 fully saturated rings. The van der Waals surface area contributed by atoms with Crippen molar-refractivity contribution in [2.75, 3.05) is 25.6 Å². The number of aromatic nitrogens is 4. The molecular formula is C23H27N5O6. The Hall–Kier alpha value is -3.28. The van der Waals surface area contributed by atoms with Crippen LogP contribution < -0.4 is 11.3 Å². The number of carbonyl (C=O) groups excluding carboxylic acids is 1. The molecule has 4 atom stereocenters. The smallest absolute Gasteiger partial charge is 0.338 e. The van der Waals surface area contributed by atoms with Crippen LogP contribution >= 0.6 is 0 Å². The van der Waals surface area contributed by atoms with E-state index in [9.17, 15) is 9.59 Å². The number of imidazole rings is 1. The minimum atomic E-state index is -1.04. The number of aromatic amines is 1. The van der Waals surface area contributed by atoms with Gasteiger partial charge in [0.1, 0.15) is 18.3 Å². The Morgan fingerprint density at radius 3 is 2.91 bits per heavy atom. The van der Waals surface area contributed by atoms with Crippen LogP contribution in [0.1, 0.15) is 43.3 Å². The summed E-state index contributed by atoms with van der Waals surface area (Å²) >= 11 is 0. The number of benzene rings is 1. The summed E-state index contributed by atoms with van der Waals surface area (Å²) in [4.78, 5) is 35.8. The third kappa shape index (κ3) is 3.56. The fourth-order valence-corrected chi connectivity index (χ4v) is 4.69. The average Bonchev–Trinajstić information content (AvgIpc) is 3.44. The summed E-state index contributed by atoms with van der Waals surface area (Å²) in [5, 5.41) is 0. The molecule has 0 aliphatic carbocycles. The average molecular weight is 469 g/mol. The zero-order chi connectivity index (χ0) is 23.9. The first-order chi connectivity index (χ1) is 16.4. The third-order valence-corrected chi connectivity index (χ3v) is 6.41. The second-order valence-corrected chi connectivity index (χ2v) is 8.83. The molecule has 0 unspecified atom stereocenters. The Bertz CT molecular complexity index is 1260. The molecular weight excluding hydrogens is 442 g/mol. The van der Waals surface area contributed by atoms with E-state index in [4.69, 9.17) is 24.7 Å². The first kappa shape index (κ1) is 22.5. The van der Waals surface area contributed by atoms with Gasteiger partial charge >= 0.3 is 5.97 Å². The number of nitrogens with zero attached hydrogens (tertiary/aromatic N) is 3. The molecule has 1 aromatic carbocycles. The molecule has 0 saturated carbocycles. The number of hydrogen-bond donors (Lipinski definition) is 2. The van der Waals surface area contributed by atoms with Crippen LogP contribution in [0.15, 0.2) is 41.5 Å². The quantitative estimate of drug-likeness (QED) is 0.373. The van der Waals surface area contributed by atoms with Crippen LogP contribution in [0.2, 0.25) is 0 Å². The lowest BCUT2D eigenvalue weighted by Crippen LogP contribution is -2.48. The van der Waals surface area contributed by atoms with Gasteiger partial charge in [-0.05, 0) is 25.5 Å². The maximum atomic E-state index is 12.6. The zero-order valence-electron chi connectivity index (χ0n) is 19.0. The fourth-order valence-electron chi connectivity index (χ4n) is 4.69. The van der Waals surface area contributed by atoms with Crippen molar-refractivity contribution in [2.45, 2.75) is 50.2 Å². The van der Waals surface area contributed by atoms with Gasteiger partial charge in [-0.15, -0.1) is 0 Å². The molecule has 11 nitrogen and oxygen atoms in total. The maximum Gasteiger partial charge on any atom is 0.338 e. The first-order valence-electron chi connectivity index (χ1n) is 11.3. The van der Waals surface area contributed by atoms with E-state index < -0.39 is 35.1 Å². The minimum absolute atomic E-state index is 0.0317. The second kappa shape index (κ2) is 8.49. The van der Waals surface area contributed by atoms with Crippen molar-refractivity contribution in [3.63, 3.8) is 0 Å². The van der Waals surface area contributed by atoms with Crippen molar-refractivity contribution < 1.29 is 23.7 Å². The highest BCUT2D eigenvalue weighted by molar-refractivity contribution is 5.89. The summed E-state index contributed by atoms with van der Waals surface area (Å²) in [5.41, 5.74) is 4.19. The van der Waals surface area contributed by atoms with Gasteiger partial charge in [-0.25, -0.2) is 9.78 Å². The summed E-state index contributed by atoms with van der Waals surface area (Å²) in [7, 11) is 0. The largest absolute Gasteiger partial charge is 0.459 e. The highest BCUT2D eigenvalue weighted by atomic mass is 16.7. The van der Waals surface area contributed by atoms with Gasteiger partial charge in [0.05, 0.1) is 18.5 Å². The highest BCUT2D eigenvalue weighted by Gasteiger charge is 2.70. The topological polar surface area (TPSA) is 144 Å². The molecule has 2 aliphatic heterocycles.